The number of nitrogens with zero attached hydrogens (tertiary/aromatic N) is 3. The predicted octanol–water partition coefficient (Wildman–Crippen LogP) is 2.97. The normalized spacial score (nSPS) is 9.82. The maximum Gasteiger partial charge on any atom is 0.103 e. The highest BCUT2D eigenvalue weighted by molar-refractivity contribution is 5.62. The van der Waals surface area contributed by atoms with Gasteiger partial charge in [0.15, 0.2) is 0 Å². The van der Waals surface area contributed by atoms with E-state index in [2.05, 4.69) is 29.5 Å². The molecule has 0 bridgehead atoms. The molecule has 17 heavy (non-hydrogen) atoms. The number of aromatic nitrogens is 1. The highest BCUT2D eigenvalue weighted by Gasteiger charge is 2.13. The molecule has 0 unspecified atom stereocenters. The smallest absolute Gasteiger partial charge is 0.103 e. The van der Waals surface area contributed by atoms with E-state index in [1.54, 1.807) is 0 Å². The van der Waals surface area contributed by atoms with Gasteiger partial charge in [-0.2, -0.15) is 5.26 Å². The molecule has 1 aromatic heterocycles. The van der Waals surface area contributed by atoms with Crippen LogP contribution in [-0.2, 0) is 0 Å². The molecule has 0 aliphatic carbocycles. The van der Waals surface area contributed by atoms with Gasteiger partial charge in [0.25, 0.3) is 0 Å². The van der Waals surface area contributed by atoms with E-state index < -0.39 is 0 Å². The predicted molar refractivity (Wildman–Crippen MR) is 71.1 cm³/mol. The molecule has 1 rings (SSSR count). The molecule has 0 fully saturated rings. The van der Waals surface area contributed by atoms with Crippen LogP contribution in [0.25, 0.3) is 0 Å². The first-order valence-electron chi connectivity index (χ1n) is 5.77. The minimum atomic E-state index is 0.665. The Labute approximate surface area is 103 Å². The molecule has 0 aromatic carbocycles. The van der Waals surface area contributed by atoms with Crippen LogP contribution in [0.5, 0.6) is 0 Å². The largest absolute Gasteiger partial charge is 0.367 e. The Morgan fingerprint density at radius 2 is 2.18 bits per heavy atom. The van der Waals surface area contributed by atoms with Crippen LogP contribution < -0.4 is 4.90 Å². The molecule has 3 nitrogen and oxygen atoms in total. The summed E-state index contributed by atoms with van der Waals surface area (Å²) in [5.74, 6) is 0. The van der Waals surface area contributed by atoms with E-state index >= 15 is 0 Å². The van der Waals surface area contributed by atoms with Gasteiger partial charge in [-0.3, -0.25) is 4.98 Å². The fourth-order valence-corrected chi connectivity index (χ4v) is 1.89. The maximum atomic E-state index is 9.23. The average molecular weight is 229 g/mol. The molecule has 0 amide bonds. The Hall–Kier alpha value is -1.82. The molecule has 0 atom stereocenters. The standard InChI is InChI=1S/C14H19N3/c1-6-17(9-10(2)3)14-7-11(4)16-12(5)13(14)8-15/h7H,2,6,9H2,1,3-5H3. The van der Waals surface area contributed by atoms with Crippen molar-refractivity contribution < 1.29 is 0 Å². The second-order valence-corrected chi connectivity index (χ2v) is 4.33. The quantitative estimate of drug-likeness (QED) is 0.745. The molecule has 3 heteroatoms. The van der Waals surface area contributed by atoms with Crippen LogP contribution in [0.2, 0.25) is 0 Å². The summed E-state index contributed by atoms with van der Waals surface area (Å²) < 4.78 is 0. The summed E-state index contributed by atoms with van der Waals surface area (Å²) in [7, 11) is 0. The van der Waals surface area contributed by atoms with Gasteiger partial charge < -0.3 is 4.90 Å². The molecule has 0 aliphatic rings. The Balaban J connectivity index is 3.27. The van der Waals surface area contributed by atoms with Crippen LogP contribution in [-0.4, -0.2) is 18.1 Å². The molecule has 0 radical (unpaired) electrons. The molecule has 90 valence electrons. The van der Waals surface area contributed by atoms with Crippen LogP contribution in [0.3, 0.4) is 0 Å². The van der Waals surface area contributed by atoms with Crippen molar-refractivity contribution in [3.8, 4) is 6.07 Å². The molecule has 0 saturated heterocycles. The summed E-state index contributed by atoms with van der Waals surface area (Å²) in [6, 6.07) is 4.22. The highest BCUT2D eigenvalue weighted by Crippen LogP contribution is 2.23. The number of hydrogen-bond donors (Lipinski definition) is 0. The van der Waals surface area contributed by atoms with Crippen LogP contribution in [0.1, 0.15) is 30.8 Å². The van der Waals surface area contributed by atoms with Crippen molar-refractivity contribution >= 4 is 5.69 Å². The molecule has 1 aromatic rings. The van der Waals surface area contributed by atoms with Crippen molar-refractivity contribution in [2.24, 2.45) is 0 Å². The number of pyridine rings is 1. The van der Waals surface area contributed by atoms with Crippen molar-refractivity contribution in [2.45, 2.75) is 27.7 Å². The molecular formula is C14H19N3. The number of nitriles is 1. The summed E-state index contributed by atoms with van der Waals surface area (Å²) in [6.07, 6.45) is 0. The number of likely N-dealkylation sites (N-methyl/N-ethyl adjacent to an activating group) is 1. The lowest BCUT2D eigenvalue weighted by atomic mass is 10.1. The Kier molecular flexibility index (Phi) is 4.28. The van der Waals surface area contributed by atoms with Crippen molar-refractivity contribution in [3.63, 3.8) is 0 Å². The third-order valence-electron chi connectivity index (χ3n) is 2.60. The van der Waals surface area contributed by atoms with Crippen LogP contribution >= 0.6 is 0 Å². The van der Waals surface area contributed by atoms with E-state index in [4.69, 9.17) is 0 Å². The van der Waals surface area contributed by atoms with E-state index in [1.807, 2.05) is 26.8 Å². The zero-order chi connectivity index (χ0) is 13.0. The monoisotopic (exact) mass is 229 g/mol. The van der Waals surface area contributed by atoms with Gasteiger partial charge in [-0.1, -0.05) is 12.2 Å². The summed E-state index contributed by atoms with van der Waals surface area (Å²) in [6.45, 7) is 13.5. The molecular weight excluding hydrogens is 210 g/mol. The lowest BCUT2D eigenvalue weighted by Crippen LogP contribution is -2.25. The van der Waals surface area contributed by atoms with Gasteiger partial charge in [-0.05, 0) is 33.8 Å². The van der Waals surface area contributed by atoms with Crippen LogP contribution in [0.4, 0.5) is 5.69 Å². The van der Waals surface area contributed by atoms with Crippen molar-refractivity contribution in [1.82, 2.24) is 4.98 Å². The van der Waals surface area contributed by atoms with Crippen molar-refractivity contribution in [3.05, 3.63) is 35.2 Å². The van der Waals surface area contributed by atoms with Crippen molar-refractivity contribution in [2.75, 3.05) is 18.0 Å². The van der Waals surface area contributed by atoms with Crippen LogP contribution in [0, 0.1) is 25.2 Å². The van der Waals surface area contributed by atoms with Gasteiger partial charge in [-0.15, -0.1) is 0 Å². The zero-order valence-electron chi connectivity index (χ0n) is 11.0. The van der Waals surface area contributed by atoms with Gasteiger partial charge in [-0.25, -0.2) is 0 Å². The first-order chi connectivity index (χ1) is 7.99. The Morgan fingerprint density at radius 3 is 2.65 bits per heavy atom. The molecule has 0 aliphatic heterocycles. The summed E-state index contributed by atoms with van der Waals surface area (Å²) in [5.41, 5.74) is 4.45. The minimum absolute atomic E-state index is 0.665. The second kappa shape index (κ2) is 5.49. The molecule has 0 saturated carbocycles. The number of rotatable bonds is 4. The SMILES string of the molecule is C=C(C)CN(CC)c1cc(C)nc(C)c1C#N. The zero-order valence-corrected chi connectivity index (χ0v) is 11.0. The first-order valence-corrected chi connectivity index (χ1v) is 5.77. The van der Waals surface area contributed by atoms with Crippen LogP contribution in [0.15, 0.2) is 18.2 Å². The third kappa shape index (κ3) is 3.07. The topological polar surface area (TPSA) is 39.9 Å². The van der Waals surface area contributed by atoms with Crippen molar-refractivity contribution in [1.29, 1.82) is 5.26 Å². The third-order valence-corrected chi connectivity index (χ3v) is 2.60. The van der Waals surface area contributed by atoms with E-state index in [0.29, 0.717) is 5.56 Å². The van der Waals surface area contributed by atoms with Gasteiger partial charge in [0.05, 0.1) is 16.9 Å². The van der Waals surface area contributed by atoms with E-state index in [-0.39, 0.29) is 0 Å². The molecule has 0 spiro atoms. The van der Waals surface area contributed by atoms with E-state index in [9.17, 15) is 5.26 Å². The first kappa shape index (κ1) is 13.2. The maximum absolute atomic E-state index is 9.23. The minimum Gasteiger partial charge on any atom is -0.367 e. The number of hydrogen-bond acceptors (Lipinski definition) is 3. The Bertz CT molecular complexity index is 469. The summed E-state index contributed by atoms with van der Waals surface area (Å²) in [4.78, 5) is 6.48. The summed E-state index contributed by atoms with van der Waals surface area (Å²) in [5, 5.41) is 9.23. The van der Waals surface area contributed by atoms with Gasteiger partial charge in [0.1, 0.15) is 6.07 Å². The molecule has 0 N–H and O–H groups in total. The highest BCUT2D eigenvalue weighted by atomic mass is 15.1. The number of aryl methyl sites for hydroxylation is 2. The Morgan fingerprint density at radius 1 is 1.53 bits per heavy atom. The fourth-order valence-electron chi connectivity index (χ4n) is 1.89. The average Bonchev–Trinajstić information content (AvgIpc) is 2.24. The second-order valence-electron chi connectivity index (χ2n) is 4.33. The molecule has 1 heterocycles. The lowest BCUT2D eigenvalue weighted by molar-refractivity contribution is 0.872. The number of anilines is 1. The van der Waals surface area contributed by atoms with Gasteiger partial charge in [0.2, 0.25) is 0 Å². The fraction of sp³-hybridized carbons (Fsp3) is 0.429. The van der Waals surface area contributed by atoms with Gasteiger partial charge >= 0.3 is 0 Å². The van der Waals surface area contributed by atoms with E-state index in [1.165, 1.54) is 0 Å². The van der Waals surface area contributed by atoms with Gasteiger partial charge in [0, 0.05) is 18.8 Å². The summed E-state index contributed by atoms with van der Waals surface area (Å²) >= 11 is 0. The lowest BCUT2D eigenvalue weighted by Gasteiger charge is -2.25. The van der Waals surface area contributed by atoms with E-state index in [0.717, 1.165) is 35.7 Å².